The minimum absolute atomic E-state index is 0.187. The van der Waals surface area contributed by atoms with E-state index in [-0.39, 0.29) is 12.3 Å². The van der Waals surface area contributed by atoms with Gasteiger partial charge in [-0.05, 0) is 38.1 Å². The standard InChI is InChI=1S/C12H22N2O3/c13-7-1-2-11(15)14-8-5-10(6-9-14)3-4-12(16)17/h10H,1-9,13H2,(H,16,17). The van der Waals surface area contributed by atoms with Crippen LogP contribution in [0.3, 0.4) is 0 Å². The van der Waals surface area contributed by atoms with E-state index in [2.05, 4.69) is 0 Å². The number of carbonyl (C=O) groups is 2. The molecule has 0 aromatic carbocycles. The maximum atomic E-state index is 11.7. The molecule has 0 bridgehead atoms. The number of nitrogens with zero attached hydrogens (tertiary/aromatic N) is 1. The lowest BCUT2D eigenvalue weighted by Gasteiger charge is -2.32. The van der Waals surface area contributed by atoms with Crippen LogP contribution in [-0.4, -0.2) is 41.5 Å². The molecule has 0 radical (unpaired) electrons. The fraction of sp³-hybridized carbons (Fsp3) is 0.833. The Kier molecular flexibility index (Phi) is 5.97. The highest BCUT2D eigenvalue weighted by atomic mass is 16.4. The Bertz CT molecular complexity index is 260. The molecule has 5 nitrogen and oxygen atoms in total. The topological polar surface area (TPSA) is 83.6 Å². The van der Waals surface area contributed by atoms with Crippen molar-refractivity contribution in [2.75, 3.05) is 19.6 Å². The third kappa shape index (κ3) is 5.17. The van der Waals surface area contributed by atoms with Gasteiger partial charge in [-0.25, -0.2) is 0 Å². The summed E-state index contributed by atoms with van der Waals surface area (Å²) in [6, 6.07) is 0. The van der Waals surface area contributed by atoms with Crippen LogP contribution in [0.2, 0.25) is 0 Å². The van der Waals surface area contributed by atoms with Crippen molar-refractivity contribution >= 4 is 11.9 Å². The molecule has 1 fully saturated rings. The zero-order chi connectivity index (χ0) is 12.7. The second-order valence-electron chi connectivity index (χ2n) is 4.65. The Labute approximate surface area is 102 Å². The van der Waals surface area contributed by atoms with Crippen LogP contribution in [0.1, 0.15) is 38.5 Å². The second-order valence-corrected chi connectivity index (χ2v) is 4.65. The van der Waals surface area contributed by atoms with Crippen LogP contribution in [-0.2, 0) is 9.59 Å². The molecule has 3 N–H and O–H groups in total. The highest BCUT2D eigenvalue weighted by Crippen LogP contribution is 2.22. The second kappa shape index (κ2) is 7.27. The van der Waals surface area contributed by atoms with Crippen LogP contribution in [0.5, 0.6) is 0 Å². The predicted molar refractivity (Wildman–Crippen MR) is 64.5 cm³/mol. The van der Waals surface area contributed by atoms with Crippen molar-refractivity contribution in [3.8, 4) is 0 Å². The number of hydrogen-bond donors (Lipinski definition) is 2. The van der Waals surface area contributed by atoms with Gasteiger partial charge in [-0.2, -0.15) is 0 Å². The molecule has 0 aliphatic carbocycles. The van der Waals surface area contributed by atoms with Crippen LogP contribution in [0.25, 0.3) is 0 Å². The normalized spacial score (nSPS) is 17.1. The van der Waals surface area contributed by atoms with Crippen LogP contribution in [0, 0.1) is 5.92 Å². The minimum atomic E-state index is -0.730. The maximum absolute atomic E-state index is 11.7. The molecule has 5 heteroatoms. The third-order valence-corrected chi connectivity index (χ3v) is 3.33. The smallest absolute Gasteiger partial charge is 0.303 e. The highest BCUT2D eigenvalue weighted by molar-refractivity contribution is 5.76. The molecule has 0 aromatic heterocycles. The van der Waals surface area contributed by atoms with Gasteiger partial charge < -0.3 is 15.7 Å². The first-order valence-electron chi connectivity index (χ1n) is 6.33. The number of carboxylic acids is 1. The molecule has 1 amide bonds. The van der Waals surface area contributed by atoms with Crippen molar-refractivity contribution in [2.24, 2.45) is 11.7 Å². The molecule has 0 saturated carbocycles. The molecule has 0 aromatic rings. The van der Waals surface area contributed by atoms with Gasteiger partial charge in [0.2, 0.25) is 5.91 Å². The van der Waals surface area contributed by atoms with Gasteiger partial charge in [-0.1, -0.05) is 0 Å². The van der Waals surface area contributed by atoms with Crippen LogP contribution in [0.4, 0.5) is 0 Å². The molecular formula is C12H22N2O3. The Morgan fingerprint density at radius 3 is 2.41 bits per heavy atom. The maximum Gasteiger partial charge on any atom is 0.303 e. The lowest BCUT2D eigenvalue weighted by Crippen LogP contribution is -2.38. The van der Waals surface area contributed by atoms with Crippen molar-refractivity contribution in [3.05, 3.63) is 0 Å². The average Bonchev–Trinajstić information content (AvgIpc) is 2.34. The summed E-state index contributed by atoms with van der Waals surface area (Å²) in [4.78, 5) is 24.0. The van der Waals surface area contributed by atoms with Gasteiger partial charge in [0.15, 0.2) is 0 Å². The van der Waals surface area contributed by atoms with Gasteiger partial charge in [0.05, 0.1) is 0 Å². The third-order valence-electron chi connectivity index (χ3n) is 3.33. The van der Waals surface area contributed by atoms with Crippen molar-refractivity contribution < 1.29 is 14.7 Å². The first-order valence-corrected chi connectivity index (χ1v) is 6.33. The van der Waals surface area contributed by atoms with Gasteiger partial charge in [-0.15, -0.1) is 0 Å². The molecule has 17 heavy (non-hydrogen) atoms. The lowest BCUT2D eigenvalue weighted by molar-refractivity contribution is -0.138. The fourth-order valence-electron chi connectivity index (χ4n) is 2.21. The molecule has 0 unspecified atom stereocenters. The van der Waals surface area contributed by atoms with E-state index in [1.165, 1.54) is 0 Å². The fourth-order valence-corrected chi connectivity index (χ4v) is 2.21. The lowest BCUT2D eigenvalue weighted by atomic mass is 9.92. The predicted octanol–water partition coefficient (Wildman–Crippen LogP) is 0.829. The molecule has 1 saturated heterocycles. The summed E-state index contributed by atoms with van der Waals surface area (Å²) >= 11 is 0. The first-order chi connectivity index (χ1) is 8.13. The number of carbonyl (C=O) groups excluding carboxylic acids is 1. The summed E-state index contributed by atoms with van der Waals surface area (Å²) in [5.74, 6) is -0.0803. The largest absolute Gasteiger partial charge is 0.481 e. The van der Waals surface area contributed by atoms with Crippen molar-refractivity contribution in [2.45, 2.75) is 38.5 Å². The molecular weight excluding hydrogens is 220 g/mol. The summed E-state index contributed by atoms with van der Waals surface area (Å²) in [5, 5.41) is 8.61. The van der Waals surface area contributed by atoms with E-state index >= 15 is 0 Å². The quantitative estimate of drug-likeness (QED) is 0.722. The van der Waals surface area contributed by atoms with Crippen molar-refractivity contribution in [1.82, 2.24) is 4.90 Å². The summed E-state index contributed by atoms with van der Waals surface area (Å²) in [7, 11) is 0. The van der Waals surface area contributed by atoms with Crippen LogP contribution < -0.4 is 5.73 Å². The van der Waals surface area contributed by atoms with Gasteiger partial charge in [0.1, 0.15) is 0 Å². The van der Waals surface area contributed by atoms with Crippen LogP contribution >= 0.6 is 0 Å². The van der Waals surface area contributed by atoms with E-state index < -0.39 is 5.97 Å². The van der Waals surface area contributed by atoms with E-state index in [0.717, 1.165) is 38.8 Å². The number of hydrogen-bond acceptors (Lipinski definition) is 3. The first kappa shape index (κ1) is 14.0. The number of carboxylic acid groups (broad SMARTS) is 1. The van der Waals surface area contributed by atoms with Gasteiger partial charge in [-0.3, -0.25) is 9.59 Å². The van der Waals surface area contributed by atoms with Crippen molar-refractivity contribution in [1.29, 1.82) is 0 Å². The van der Waals surface area contributed by atoms with Gasteiger partial charge in [0.25, 0.3) is 0 Å². The summed E-state index contributed by atoms with van der Waals surface area (Å²) < 4.78 is 0. The minimum Gasteiger partial charge on any atom is -0.481 e. The Morgan fingerprint density at radius 2 is 1.88 bits per heavy atom. The molecule has 1 heterocycles. The SMILES string of the molecule is NCCCC(=O)N1CCC(CCC(=O)O)CC1. The summed E-state index contributed by atoms with van der Waals surface area (Å²) in [6.45, 7) is 2.10. The highest BCUT2D eigenvalue weighted by Gasteiger charge is 2.22. The Hall–Kier alpha value is -1.10. The van der Waals surface area contributed by atoms with E-state index in [1.807, 2.05) is 4.90 Å². The van der Waals surface area contributed by atoms with E-state index in [1.54, 1.807) is 0 Å². The van der Waals surface area contributed by atoms with Crippen LogP contribution in [0.15, 0.2) is 0 Å². The molecule has 0 atom stereocenters. The van der Waals surface area contributed by atoms with E-state index in [4.69, 9.17) is 10.8 Å². The average molecular weight is 242 g/mol. The van der Waals surface area contributed by atoms with Gasteiger partial charge in [0, 0.05) is 25.9 Å². The molecule has 98 valence electrons. The van der Waals surface area contributed by atoms with E-state index in [9.17, 15) is 9.59 Å². The monoisotopic (exact) mass is 242 g/mol. The molecule has 1 aliphatic rings. The number of piperidine rings is 1. The molecule has 0 spiro atoms. The Balaban J connectivity index is 2.20. The van der Waals surface area contributed by atoms with Gasteiger partial charge >= 0.3 is 5.97 Å². The summed E-state index contributed by atoms with van der Waals surface area (Å²) in [6.07, 6.45) is 4.13. The zero-order valence-electron chi connectivity index (χ0n) is 10.2. The Morgan fingerprint density at radius 1 is 1.24 bits per heavy atom. The number of amides is 1. The van der Waals surface area contributed by atoms with E-state index in [0.29, 0.717) is 18.9 Å². The number of likely N-dealkylation sites (tertiary alicyclic amines) is 1. The van der Waals surface area contributed by atoms with Crippen molar-refractivity contribution in [3.63, 3.8) is 0 Å². The number of rotatable bonds is 6. The molecule has 1 aliphatic heterocycles. The summed E-state index contributed by atoms with van der Waals surface area (Å²) in [5.41, 5.74) is 5.37. The zero-order valence-corrected chi connectivity index (χ0v) is 10.2. The number of nitrogens with two attached hydrogens (primary N) is 1. The molecule has 1 rings (SSSR count). The number of aliphatic carboxylic acids is 1.